The summed E-state index contributed by atoms with van der Waals surface area (Å²) in [6.45, 7) is 2.83. The molecule has 2 atom stereocenters. The van der Waals surface area contributed by atoms with Crippen LogP contribution in [0.3, 0.4) is 0 Å². The average molecular weight is 192 g/mol. The van der Waals surface area contributed by atoms with Gasteiger partial charge in [0.15, 0.2) is 6.29 Å². The Labute approximate surface area is 84.8 Å². The Hall–Kier alpha value is -0.860. The average Bonchev–Trinajstić information content (AvgIpc) is 2.68. The molecular formula is C12H16O2. The van der Waals surface area contributed by atoms with Crippen LogP contribution >= 0.6 is 0 Å². The largest absolute Gasteiger partial charge is 0.350 e. The highest BCUT2D eigenvalue weighted by molar-refractivity contribution is 5.18. The number of hydrogen-bond donors (Lipinski definition) is 0. The fraction of sp³-hybridized carbons (Fsp3) is 0.500. The Morgan fingerprint density at radius 3 is 2.79 bits per heavy atom. The standard InChI is InChI=1S/C12H16O2/c1-2-6-12-13-9-11(14-12)10-7-4-3-5-8-10/h3-5,7-8,11-12H,2,6,9H2,1H3/t11-,12-/m0/s1. The molecule has 1 aromatic carbocycles. The lowest BCUT2D eigenvalue weighted by atomic mass is 10.1. The van der Waals surface area contributed by atoms with Crippen LogP contribution in [-0.4, -0.2) is 12.9 Å². The van der Waals surface area contributed by atoms with Gasteiger partial charge in [-0.2, -0.15) is 0 Å². The predicted octanol–water partition coefficient (Wildman–Crippen LogP) is 2.90. The van der Waals surface area contributed by atoms with E-state index in [9.17, 15) is 0 Å². The van der Waals surface area contributed by atoms with Crippen LogP contribution in [0.1, 0.15) is 31.4 Å². The van der Waals surface area contributed by atoms with Gasteiger partial charge in [-0.3, -0.25) is 0 Å². The van der Waals surface area contributed by atoms with Gasteiger partial charge in [-0.25, -0.2) is 0 Å². The van der Waals surface area contributed by atoms with Gasteiger partial charge < -0.3 is 9.47 Å². The van der Waals surface area contributed by atoms with Crippen LogP contribution < -0.4 is 0 Å². The maximum atomic E-state index is 5.77. The topological polar surface area (TPSA) is 18.5 Å². The van der Waals surface area contributed by atoms with E-state index in [4.69, 9.17) is 9.47 Å². The first-order valence-corrected chi connectivity index (χ1v) is 5.22. The second-order valence-electron chi connectivity index (χ2n) is 3.59. The maximum Gasteiger partial charge on any atom is 0.158 e. The van der Waals surface area contributed by atoms with E-state index in [1.165, 1.54) is 5.56 Å². The smallest absolute Gasteiger partial charge is 0.158 e. The van der Waals surface area contributed by atoms with E-state index in [1.807, 2.05) is 18.2 Å². The molecule has 0 saturated carbocycles. The van der Waals surface area contributed by atoms with Crippen molar-refractivity contribution in [3.8, 4) is 0 Å². The molecule has 1 heterocycles. The Balaban J connectivity index is 1.96. The summed E-state index contributed by atoms with van der Waals surface area (Å²) in [4.78, 5) is 0. The van der Waals surface area contributed by atoms with Crippen molar-refractivity contribution in [2.75, 3.05) is 6.61 Å². The van der Waals surface area contributed by atoms with Crippen molar-refractivity contribution < 1.29 is 9.47 Å². The van der Waals surface area contributed by atoms with Crippen molar-refractivity contribution in [2.24, 2.45) is 0 Å². The van der Waals surface area contributed by atoms with E-state index in [1.54, 1.807) is 0 Å². The first kappa shape index (κ1) is 9.69. The summed E-state index contributed by atoms with van der Waals surface area (Å²) in [6, 6.07) is 10.3. The second-order valence-corrected chi connectivity index (χ2v) is 3.59. The van der Waals surface area contributed by atoms with E-state index < -0.39 is 0 Å². The van der Waals surface area contributed by atoms with Crippen molar-refractivity contribution in [2.45, 2.75) is 32.2 Å². The molecule has 0 aliphatic carbocycles. The molecule has 1 aliphatic heterocycles. The highest BCUT2D eigenvalue weighted by Gasteiger charge is 2.25. The van der Waals surface area contributed by atoms with Crippen molar-refractivity contribution in [1.29, 1.82) is 0 Å². The Kier molecular flexibility index (Phi) is 3.17. The lowest BCUT2D eigenvalue weighted by molar-refractivity contribution is -0.0627. The normalized spacial score (nSPS) is 26.6. The quantitative estimate of drug-likeness (QED) is 0.733. The molecule has 0 N–H and O–H groups in total. The molecule has 2 heteroatoms. The molecule has 0 amide bonds. The summed E-state index contributed by atoms with van der Waals surface area (Å²) in [7, 11) is 0. The number of hydrogen-bond acceptors (Lipinski definition) is 2. The molecule has 0 spiro atoms. The van der Waals surface area contributed by atoms with Crippen LogP contribution in [-0.2, 0) is 9.47 Å². The zero-order valence-electron chi connectivity index (χ0n) is 8.48. The zero-order chi connectivity index (χ0) is 9.80. The van der Waals surface area contributed by atoms with Gasteiger partial charge in [0.1, 0.15) is 6.10 Å². The van der Waals surface area contributed by atoms with Crippen LogP contribution in [0.4, 0.5) is 0 Å². The second kappa shape index (κ2) is 4.58. The van der Waals surface area contributed by atoms with E-state index in [0.717, 1.165) is 12.8 Å². The molecular weight excluding hydrogens is 176 g/mol. The van der Waals surface area contributed by atoms with Crippen LogP contribution in [0.5, 0.6) is 0 Å². The third-order valence-electron chi connectivity index (χ3n) is 2.45. The fourth-order valence-corrected chi connectivity index (χ4v) is 1.69. The number of ether oxygens (including phenoxy) is 2. The lowest BCUT2D eigenvalue weighted by Crippen LogP contribution is -2.06. The van der Waals surface area contributed by atoms with Crippen LogP contribution in [0.25, 0.3) is 0 Å². The van der Waals surface area contributed by atoms with Gasteiger partial charge in [-0.05, 0) is 12.0 Å². The molecule has 0 unspecified atom stereocenters. The van der Waals surface area contributed by atoms with E-state index in [0.29, 0.717) is 6.61 Å². The Bertz CT molecular complexity index is 271. The van der Waals surface area contributed by atoms with Gasteiger partial charge in [0, 0.05) is 0 Å². The molecule has 0 aromatic heterocycles. The minimum Gasteiger partial charge on any atom is -0.350 e. The Morgan fingerprint density at radius 2 is 2.07 bits per heavy atom. The van der Waals surface area contributed by atoms with Gasteiger partial charge in [0.25, 0.3) is 0 Å². The molecule has 14 heavy (non-hydrogen) atoms. The first-order chi connectivity index (χ1) is 6.90. The maximum absolute atomic E-state index is 5.77. The molecule has 2 nitrogen and oxygen atoms in total. The monoisotopic (exact) mass is 192 g/mol. The Morgan fingerprint density at radius 1 is 1.29 bits per heavy atom. The first-order valence-electron chi connectivity index (χ1n) is 5.22. The summed E-state index contributed by atoms with van der Waals surface area (Å²) in [5.41, 5.74) is 1.21. The molecule has 76 valence electrons. The molecule has 0 bridgehead atoms. The molecule has 0 radical (unpaired) electrons. The van der Waals surface area contributed by atoms with Gasteiger partial charge in [-0.15, -0.1) is 0 Å². The van der Waals surface area contributed by atoms with E-state index >= 15 is 0 Å². The van der Waals surface area contributed by atoms with Crippen molar-refractivity contribution >= 4 is 0 Å². The molecule has 1 aromatic rings. The summed E-state index contributed by atoms with van der Waals surface area (Å²) in [6.07, 6.45) is 2.23. The summed E-state index contributed by atoms with van der Waals surface area (Å²) in [5.74, 6) is 0. The SMILES string of the molecule is CCC[C@H]1OC[C@@H](c2ccccc2)O1. The molecule has 1 aliphatic rings. The van der Waals surface area contributed by atoms with Crippen molar-refractivity contribution in [3.63, 3.8) is 0 Å². The minimum atomic E-state index is 0.00482. The van der Waals surface area contributed by atoms with Crippen LogP contribution in [0.15, 0.2) is 30.3 Å². The minimum absolute atomic E-state index is 0.00482. The van der Waals surface area contributed by atoms with E-state index in [-0.39, 0.29) is 12.4 Å². The summed E-state index contributed by atoms with van der Waals surface area (Å²) in [5, 5.41) is 0. The van der Waals surface area contributed by atoms with Gasteiger partial charge >= 0.3 is 0 Å². The third-order valence-corrected chi connectivity index (χ3v) is 2.45. The van der Waals surface area contributed by atoms with Crippen LogP contribution in [0.2, 0.25) is 0 Å². The fourth-order valence-electron chi connectivity index (χ4n) is 1.69. The van der Waals surface area contributed by atoms with Crippen molar-refractivity contribution in [1.82, 2.24) is 0 Å². The van der Waals surface area contributed by atoms with Gasteiger partial charge in [0.05, 0.1) is 6.61 Å². The van der Waals surface area contributed by atoms with E-state index in [2.05, 4.69) is 19.1 Å². The lowest BCUT2D eigenvalue weighted by Gasteiger charge is -2.10. The predicted molar refractivity (Wildman–Crippen MR) is 54.9 cm³/mol. The highest BCUT2D eigenvalue weighted by Crippen LogP contribution is 2.27. The zero-order valence-corrected chi connectivity index (χ0v) is 8.48. The highest BCUT2D eigenvalue weighted by atomic mass is 16.7. The number of rotatable bonds is 3. The number of benzene rings is 1. The van der Waals surface area contributed by atoms with Crippen molar-refractivity contribution in [3.05, 3.63) is 35.9 Å². The molecule has 2 rings (SSSR count). The van der Waals surface area contributed by atoms with Gasteiger partial charge in [0.2, 0.25) is 0 Å². The summed E-state index contributed by atoms with van der Waals surface area (Å²) >= 11 is 0. The van der Waals surface area contributed by atoms with Crippen LogP contribution in [0, 0.1) is 0 Å². The third kappa shape index (κ3) is 2.14. The molecule has 1 fully saturated rings. The van der Waals surface area contributed by atoms with Gasteiger partial charge in [-0.1, -0.05) is 43.7 Å². The summed E-state index contributed by atoms with van der Waals surface area (Å²) < 4.78 is 11.3. The molecule has 1 saturated heterocycles.